The molecular formula is C9H15CrNO. The first-order valence-corrected chi connectivity index (χ1v) is 3.84. The van der Waals surface area contributed by atoms with Crippen molar-refractivity contribution in [2.75, 3.05) is 13.2 Å². The Balaban J connectivity index is 0. The molecule has 0 saturated carbocycles. The number of nitrogens with zero attached hydrogens (tertiary/aromatic N) is 1. The number of hydrogen-bond donors (Lipinski definition) is 0. The maximum Gasteiger partial charge on any atom is 0.0437 e. The fraction of sp³-hybridized carbons (Fsp3) is 0.444. The molecule has 1 aromatic rings. The largest absolute Gasteiger partial charge is 0.382 e. The normalized spacial score (nSPS) is 7.50. The molecule has 0 unspecified atom stereocenters. The Morgan fingerprint density at radius 3 is 1.58 bits per heavy atom. The molecule has 2 nitrogen and oxygen atoms in total. The Bertz CT molecular complexity index is 118. The molecule has 0 aliphatic carbocycles. The van der Waals surface area contributed by atoms with Crippen molar-refractivity contribution in [1.82, 2.24) is 4.98 Å². The van der Waals surface area contributed by atoms with Gasteiger partial charge < -0.3 is 4.74 Å². The van der Waals surface area contributed by atoms with E-state index < -0.39 is 0 Å². The molecule has 0 fully saturated rings. The molecule has 68 valence electrons. The molecule has 12 heavy (non-hydrogen) atoms. The minimum absolute atomic E-state index is 0. The number of pyridine rings is 1. The second-order valence-electron chi connectivity index (χ2n) is 1.81. The van der Waals surface area contributed by atoms with Crippen LogP contribution >= 0.6 is 0 Å². The first-order chi connectivity index (χ1) is 5.41. The summed E-state index contributed by atoms with van der Waals surface area (Å²) in [6.45, 7) is 5.67. The molecule has 0 aromatic carbocycles. The maximum absolute atomic E-state index is 4.83. The summed E-state index contributed by atoms with van der Waals surface area (Å²) >= 11 is 0. The van der Waals surface area contributed by atoms with Crippen molar-refractivity contribution < 1.29 is 22.1 Å². The van der Waals surface area contributed by atoms with Crippen LogP contribution in [0.3, 0.4) is 0 Å². The molecule has 0 bridgehead atoms. The van der Waals surface area contributed by atoms with Crippen molar-refractivity contribution in [3.05, 3.63) is 30.6 Å². The van der Waals surface area contributed by atoms with Gasteiger partial charge >= 0.3 is 0 Å². The van der Waals surface area contributed by atoms with E-state index in [1.165, 1.54) is 0 Å². The summed E-state index contributed by atoms with van der Waals surface area (Å²) in [5.74, 6) is 0. The first kappa shape index (κ1) is 14.2. The minimum atomic E-state index is 0. The Hall–Kier alpha value is -0.358. The Labute approximate surface area is 85.1 Å². The molecule has 3 heteroatoms. The van der Waals surface area contributed by atoms with Crippen LogP contribution in [0.1, 0.15) is 13.8 Å². The Morgan fingerprint density at radius 2 is 1.50 bits per heavy atom. The zero-order chi connectivity index (χ0) is 8.36. The quantitative estimate of drug-likeness (QED) is 0.737. The van der Waals surface area contributed by atoms with E-state index in [4.69, 9.17) is 4.74 Å². The smallest absolute Gasteiger partial charge is 0.0437 e. The summed E-state index contributed by atoms with van der Waals surface area (Å²) < 4.78 is 4.83. The minimum Gasteiger partial charge on any atom is -0.382 e. The third-order valence-electron chi connectivity index (χ3n) is 0.975. The van der Waals surface area contributed by atoms with E-state index in [1.54, 1.807) is 12.4 Å². The monoisotopic (exact) mass is 205 g/mol. The van der Waals surface area contributed by atoms with Crippen LogP contribution in [0.5, 0.6) is 0 Å². The molecule has 0 N–H and O–H groups in total. The van der Waals surface area contributed by atoms with Gasteiger partial charge in [-0.3, -0.25) is 4.98 Å². The fourth-order valence-corrected chi connectivity index (χ4v) is 0.517. The van der Waals surface area contributed by atoms with Crippen LogP contribution in [0.2, 0.25) is 0 Å². The molecule has 1 rings (SSSR count). The van der Waals surface area contributed by atoms with E-state index in [2.05, 4.69) is 4.98 Å². The topological polar surface area (TPSA) is 22.1 Å². The molecule has 0 radical (unpaired) electrons. The predicted octanol–water partition coefficient (Wildman–Crippen LogP) is 2.12. The van der Waals surface area contributed by atoms with Gasteiger partial charge in [-0.25, -0.2) is 0 Å². The van der Waals surface area contributed by atoms with Gasteiger partial charge in [-0.15, -0.1) is 0 Å². The summed E-state index contributed by atoms with van der Waals surface area (Å²) in [6, 6.07) is 5.72. The van der Waals surface area contributed by atoms with E-state index in [1.807, 2.05) is 32.0 Å². The average Bonchev–Trinajstić information content (AvgIpc) is 2.10. The third kappa shape index (κ3) is 12.3. The first-order valence-electron chi connectivity index (χ1n) is 3.84. The van der Waals surface area contributed by atoms with E-state index in [0.29, 0.717) is 0 Å². The number of hydrogen-bond acceptors (Lipinski definition) is 2. The number of ether oxygens (including phenoxy) is 1. The molecule has 0 atom stereocenters. The van der Waals surface area contributed by atoms with E-state index in [0.717, 1.165) is 13.2 Å². The van der Waals surface area contributed by atoms with Crippen LogP contribution in [-0.4, -0.2) is 18.2 Å². The summed E-state index contributed by atoms with van der Waals surface area (Å²) in [5.41, 5.74) is 0. The number of aromatic nitrogens is 1. The fourth-order valence-electron chi connectivity index (χ4n) is 0.517. The van der Waals surface area contributed by atoms with Gasteiger partial charge in [0.2, 0.25) is 0 Å². The molecule has 0 spiro atoms. The van der Waals surface area contributed by atoms with Gasteiger partial charge in [-0.1, -0.05) is 6.07 Å². The van der Waals surface area contributed by atoms with Crippen molar-refractivity contribution in [1.29, 1.82) is 0 Å². The Morgan fingerprint density at radius 1 is 1.00 bits per heavy atom. The van der Waals surface area contributed by atoms with Gasteiger partial charge in [0, 0.05) is 43.0 Å². The van der Waals surface area contributed by atoms with Crippen molar-refractivity contribution in [2.45, 2.75) is 13.8 Å². The van der Waals surface area contributed by atoms with E-state index >= 15 is 0 Å². The summed E-state index contributed by atoms with van der Waals surface area (Å²) in [4.78, 5) is 3.78. The standard InChI is InChI=1S/C5H5N.C4H10O.Cr/c1-2-4-6-5-3-1;1-3-5-4-2;/h1-5H;3-4H2,1-2H3;. The van der Waals surface area contributed by atoms with Crippen LogP contribution < -0.4 is 0 Å². The van der Waals surface area contributed by atoms with Crippen molar-refractivity contribution in [3.63, 3.8) is 0 Å². The zero-order valence-electron chi connectivity index (χ0n) is 7.56. The molecular weight excluding hydrogens is 190 g/mol. The van der Waals surface area contributed by atoms with Crippen LogP contribution in [0.15, 0.2) is 30.6 Å². The van der Waals surface area contributed by atoms with Crippen LogP contribution in [-0.2, 0) is 22.1 Å². The second-order valence-corrected chi connectivity index (χ2v) is 1.81. The molecule has 0 amide bonds. The Kier molecular flexibility index (Phi) is 15.7. The maximum atomic E-state index is 4.83. The van der Waals surface area contributed by atoms with Gasteiger partial charge in [0.25, 0.3) is 0 Å². The van der Waals surface area contributed by atoms with Gasteiger partial charge in [0.1, 0.15) is 0 Å². The van der Waals surface area contributed by atoms with Crippen LogP contribution in [0.4, 0.5) is 0 Å². The van der Waals surface area contributed by atoms with Gasteiger partial charge in [0.05, 0.1) is 0 Å². The predicted molar refractivity (Wildman–Crippen MR) is 46.4 cm³/mol. The van der Waals surface area contributed by atoms with Crippen molar-refractivity contribution >= 4 is 0 Å². The molecule has 1 heterocycles. The van der Waals surface area contributed by atoms with Crippen molar-refractivity contribution in [2.24, 2.45) is 0 Å². The molecule has 0 saturated heterocycles. The third-order valence-corrected chi connectivity index (χ3v) is 0.975. The van der Waals surface area contributed by atoms with Gasteiger partial charge in [0.15, 0.2) is 0 Å². The average molecular weight is 205 g/mol. The summed E-state index contributed by atoms with van der Waals surface area (Å²) in [5, 5.41) is 0. The second kappa shape index (κ2) is 13.2. The summed E-state index contributed by atoms with van der Waals surface area (Å²) in [7, 11) is 0. The van der Waals surface area contributed by atoms with Gasteiger partial charge in [-0.05, 0) is 26.0 Å². The molecule has 0 aliphatic rings. The van der Waals surface area contributed by atoms with Gasteiger partial charge in [-0.2, -0.15) is 0 Å². The van der Waals surface area contributed by atoms with Crippen LogP contribution in [0.25, 0.3) is 0 Å². The summed E-state index contributed by atoms with van der Waals surface area (Å²) in [6.07, 6.45) is 3.50. The SMILES string of the molecule is CCOCC.[Cr].c1ccncc1. The molecule has 0 aliphatic heterocycles. The van der Waals surface area contributed by atoms with Crippen molar-refractivity contribution in [3.8, 4) is 0 Å². The zero-order valence-corrected chi connectivity index (χ0v) is 8.84. The van der Waals surface area contributed by atoms with E-state index in [9.17, 15) is 0 Å². The van der Waals surface area contributed by atoms with E-state index in [-0.39, 0.29) is 17.4 Å². The van der Waals surface area contributed by atoms with Crippen LogP contribution in [0, 0.1) is 0 Å². The molecule has 1 aromatic heterocycles. The number of rotatable bonds is 2.